The third-order valence-electron chi connectivity index (χ3n) is 3.80. The lowest BCUT2D eigenvalue weighted by molar-refractivity contribution is -0.121. The molecule has 2 N–H and O–H groups in total. The van der Waals surface area contributed by atoms with Crippen LogP contribution in [0.1, 0.15) is 59.8 Å². The molecule has 1 unspecified atom stereocenters. The van der Waals surface area contributed by atoms with Crippen molar-refractivity contribution in [2.24, 2.45) is 5.92 Å². The topological polar surface area (TPSA) is 88.3 Å². The van der Waals surface area contributed by atoms with E-state index < -0.39 is 5.97 Å². The molecule has 0 saturated heterocycles. The Balaban J connectivity index is 3.08. The van der Waals surface area contributed by atoms with Crippen LogP contribution in [0.5, 0.6) is 0 Å². The number of amides is 1. The quantitative estimate of drug-likeness (QED) is 0.621. The Bertz CT molecular complexity index is 587. The number of H-pyrrole nitrogens is 1. The number of nitrogens with one attached hydrogen (secondary N) is 2. The lowest BCUT2D eigenvalue weighted by Gasteiger charge is -2.17. The Labute approximate surface area is 130 Å². The molecule has 0 aliphatic heterocycles. The largest absolute Gasteiger partial charge is 0.465 e. The first-order valence-corrected chi connectivity index (χ1v) is 7.29. The molecule has 1 heterocycles. The van der Waals surface area contributed by atoms with Gasteiger partial charge in [0.05, 0.1) is 24.8 Å². The molecule has 1 amide bonds. The van der Waals surface area contributed by atoms with E-state index in [2.05, 4.69) is 10.3 Å². The van der Waals surface area contributed by atoms with E-state index in [1.165, 1.54) is 14.0 Å². The van der Waals surface area contributed by atoms with Gasteiger partial charge in [-0.05, 0) is 25.3 Å². The van der Waals surface area contributed by atoms with Crippen molar-refractivity contribution in [1.82, 2.24) is 10.3 Å². The van der Waals surface area contributed by atoms with Crippen molar-refractivity contribution in [3.05, 3.63) is 22.5 Å². The Hall–Kier alpha value is -2.11. The number of hydrogen-bond donors (Lipinski definition) is 2. The molecule has 0 aliphatic rings. The molecule has 6 nitrogen and oxygen atoms in total. The summed E-state index contributed by atoms with van der Waals surface area (Å²) in [5.74, 6) is -0.643. The average Bonchev–Trinajstić information content (AvgIpc) is 2.74. The van der Waals surface area contributed by atoms with Gasteiger partial charge in [0, 0.05) is 18.7 Å². The zero-order valence-corrected chi connectivity index (χ0v) is 14.0. The summed E-state index contributed by atoms with van der Waals surface area (Å²) < 4.78 is 4.75. The molecule has 0 radical (unpaired) electrons. The summed E-state index contributed by atoms with van der Waals surface area (Å²) in [5, 5.41) is 2.87. The van der Waals surface area contributed by atoms with Gasteiger partial charge in [0.15, 0.2) is 5.78 Å². The summed E-state index contributed by atoms with van der Waals surface area (Å²) in [4.78, 5) is 38.5. The highest BCUT2D eigenvalue weighted by molar-refractivity contribution is 6.01. The summed E-state index contributed by atoms with van der Waals surface area (Å²) in [5.41, 5.74) is 1.52. The average molecular weight is 308 g/mol. The minimum absolute atomic E-state index is 0.00435. The number of ether oxygens (including phenoxy) is 1. The van der Waals surface area contributed by atoms with Gasteiger partial charge < -0.3 is 15.0 Å². The van der Waals surface area contributed by atoms with Crippen molar-refractivity contribution >= 4 is 17.7 Å². The first-order valence-electron chi connectivity index (χ1n) is 7.29. The van der Waals surface area contributed by atoms with Crippen molar-refractivity contribution < 1.29 is 19.1 Å². The molecule has 1 atom stereocenters. The van der Waals surface area contributed by atoms with Crippen molar-refractivity contribution in [3.63, 3.8) is 0 Å². The van der Waals surface area contributed by atoms with E-state index in [1.54, 1.807) is 6.92 Å². The van der Waals surface area contributed by atoms with Crippen LogP contribution in [-0.4, -0.2) is 35.8 Å². The maximum absolute atomic E-state index is 12.1. The Morgan fingerprint density at radius 2 is 1.82 bits per heavy atom. The van der Waals surface area contributed by atoms with Crippen molar-refractivity contribution in [2.75, 3.05) is 7.11 Å². The van der Waals surface area contributed by atoms with Gasteiger partial charge in [-0.2, -0.15) is 0 Å². The Kier molecular flexibility index (Phi) is 5.91. The van der Waals surface area contributed by atoms with Crippen molar-refractivity contribution in [1.29, 1.82) is 0 Å². The second-order valence-electron chi connectivity index (χ2n) is 5.80. The lowest BCUT2D eigenvalue weighted by atomic mass is 10.1. The van der Waals surface area contributed by atoms with Gasteiger partial charge in [-0.15, -0.1) is 0 Å². The summed E-state index contributed by atoms with van der Waals surface area (Å²) in [6.07, 6.45) is -0.00435. The number of rotatable bonds is 6. The maximum Gasteiger partial charge on any atom is 0.339 e. The van der Waals surface area contributed by atoms with Crippen LogP contribution in [0, 0.1) is 12.8 Å². The van der Waals surface area contributed by atoms with Gasteiger partial charge in [0.25, 0.3) is 0 Å². The molecule has 0 saturated carbocycles. The van der Waals surface area contributed by atoms with Gasteiger partial charge in [-0.3, -0.25) is 9.59 Å². The molecule has 0 aliphatic carbocycles. The predicted octanol–water partition coefficient (Wildman–Crippen LogP) is 2.02. The van der Waals surface area contributed by atoms with Gasteiger partial charge in [0.1, 0.15) is 0 Å². The van der Waals surface area contributed by atoms with Crippen molar-refractivity contribution in [3.8, 4) is 0 Å². The summed E-state index contributed by atoms with van der Waals surface area (Å²) >= 11 is 0. The van der Waals surface area contributed by atoms with E-state index in [9.17, 15) is 14.4 Å². The van der Waals surface area contributed by atoms with Crippen LogP contribution in [0.25, 0.3) is 0 Å². The second-order valence-corrected chi connectivity index (χ2v) is 5.80. The molecule has 1 aromatic heterocycles. The third-order valence-corrected chi connectivity index (χ3v) is 3.80. The minimum atomic E-state index is -0.555. The normalized spacial score (nSPS) is 12.1. The van der Waals surface area contributed by atoms with Crippen molar-refractivity contribution in [2.45, 2.75) is 47.1 Å². The summed E-state index contributed by atoms with van der Waals surface area (Å²) in [7, 11) is 1.27. The number of hydrogen-bond acceptors (Lipinski definition) is 4. The molecule has 0 aromatic carbocycles. The fraction of sp³-hybridized carbons (Fsp3) is 0.562. The zero-order chi connectivity index (χ0) is 17.0. The van der Waals surface area contributed by atoms with Crippen LogP contribution < -0.4 is 5.32 Å². The third kappa shape index (κ3) is 3.96. The molecule has 0 fully saturated rings. The summed E-state index contributed by atoms with van der Waals surface area (Å²) in [6, 6.07) is 0.0254. The standard InChI is InChI=1S/C16H24N2O4/c1-8(2)10(4)17-13(20)7-12-14(16(21)22-6)9(3)15(18-12)11(5)19/h8,10,18H,7H2,1-6H3,(H,17,20). The van der Waals surface area contributed by atoms with Crippen LogP contribution in [0.2, 0.25) is 0 Å². The molecule has 6 heteroatoms. The molecule has 122 valence electrons. The van der Waals surface area contributed by atoms with Crippen LogP contribution in [0.3, 0.4) is 0 Å². The fourth-order valence-corrected chi connectivity index (χ4v) is 2.15. The number of aromatic amines is 1. The van der Waals surface area contributed by atoms with E-state index in [0.717, 1.165) is 0 Å². The molecular formula is C16H24N2O4. The SMILES string of the molecule is COC(=O)c1c(CC(=O)NC(C)C(C)C)[nH]c(C(C)=O)c1C. The highest BCUT2D eigenvalue weighted by Crippen LogP contribution is 2.20. The van der Waals surface area contributed by atoms with E-state index in [-0.39, 0.29) is 29.7 Å². The number of carbonyl (C=O) groups excluding carboxylic acids is 3. The monoisotopic (exact) mass is 308 g/mol. The minimum Gasteiger partial charge on any atom is -0.465 e. The Morgan fingerprint density at radius 3 is 2.27 bits per heavy atom. The first kappa shape index (κ1) is 17.9. The molecule has 0 bridgehead atoms. The number of Topliss-reactive ketones (excluding diaryl/α,β-unsaturated/α-hetero) is 1. The number of methoxy groups -OCH3 is 1. The van der Waals surface area contributed by atoms with E-state index in [1.807, 2.05) is 20.8 Å². The van der Waals surface area contributed by atoms with Crippen LogP contribution in [0.4, 0.5) is 0 Å². The van der Waals surface area contributed by atoms with Crippen LogP contribution in [-0.2, 0) is 16.0 Å². The zero-order valence-electron chi connectivity index (χ0n) is 14.0. The molecule has 22 heavy (non-hydrogen) atoms. The molecule has 0 spiro atoms. The highest BCUT2D eigenvalue weighted by Gasteiger charge is 2.24. The predicted molar refractivity (Wildman–Crippen MR) is 83.0 cm³/mol. The number of aromatic nitrogens is 1. The summed E-state index contributed by atoms with van der Waals surface area (Å²) in [6.45, 7) is 9.02. The molecular weight excluding hydrogens is 284 g/mol. The van der Waals surface area contributed by atoms with Crippen LogP contribution >= 0.6 is 0 Å². The van der Waals surface area contributed by atoms with E-state index in [4.69, 9.17) is 4.74 Å². The fourth-order valence-electron chi connectivity index (χ4n) is 2.15. The van der Waals surface area contributed by atoms with E-state index in [0.29, 0.717) is 22.9 Å². The number of carbonyl (C=O) groups is 3. The van der Waals surface area contributed by atoms with Gasteiger partial charge in [0.2, 0.25) is 5.91 Å². The van der Waals surface area contributed by atoms with Gasteiger partial charge in [-0.25, -0.2) is 4.79 Å². The second kappa shape index (κ2) is 7.24. The lowest BCUT2D eigenvalue weighted by Crippen LogP contribution is -2.37. The molecule has 1 aromatic rings. The first-order chi connectivity index (χ1) is 10.2. The van der Waals surface area contributed by atoms with Gasteiger partial charge in [-0.1, -0.05) is 13.8 Å². The highest BCUT2D eigenvalue weighted by atomic mass is 16.5. The molecule has 1 rings (SSSR count). The maximum atomic E-state index is 12.1. The smallest absolute Gasteiger partial charge is 0.339 e. The van der Waals surface area contributed by atoms with E-state index >= 15 is 0 Å². The Morgan fingerprint density at radius 1 is 1.23 bits per heavy atom. The number of ketones is 1. The number of esters is 1. The van der Waals surface area contributed by atoms with Crippen LogP contribution in [0.15, 0.2) is 0 Å². The van der Waals surface area contributed by atoms with Gasteiger partial charge >= 0.3 is 5.97 Å².